The van der Waals surface area contributed by atoms with Gasteiger partial charge in [-0.3, -0.25) is 0 Å². The molecule has 0 unspecified atom stereocenters. The van der Waals surface area contributed by atoms with E-state index in [9.17, 15) is 13.2 Å². The van der Waals surface area contributed by atoms with Crippen LogP contribution < -0.4 is 5.73 Å². The largest absolute Gasteiger partial charge is 0.416 e. The van der Waals surface area contributed by atoms with E-state index in [-0.39, 0.29) is 11.5 Å². The first-order chi connectivity index (χ1) is 8.77. The highest BCUT2D eigenvalue weighted by Gasteiger charge is 2.30. The van der Waals surface area contributed by atoms with Crippen LogP contribution in [-0.4, -0.2) is 9.97 Å². The highest BCUT2D eigenvalue weighted by Crippen LogP contribution is 2.31. The molecule has 0 spiro atoms. The Hall–Kier alpha value is -1.85. The molecular formula is C13H14F3N3. The molecular weight excluding hydrogens is 255 g/mol. The van der Waals surface area contributed by atoms with Gasteiger partial charge in [0.1, 0.15) is 0 Å². The fourth-order valence-corrected chi connectivity index (χ4v) is 1.93. The highest BCUT2D eigenvalue weighted by molar-refractivity contribution is 5.82. The van der Waals surface area contributed by atoms with E-state index in [1.54, 1.807) is 0 Å². The molecule has 2 N–H and O–H groups in total. The minimum atomic E-state index is -4.38. The Morgan fingerprint density at radius 3 is 2.47 bits per heavy atom. The van der Waals surface area contributed by atoms with E-state index in [1.807, 2.05) is 13.8 Å². The first kappa shape index (κ1) is 13.6. The van der Waals surface area contributed by atoms with Crippen molar-refractivity contribution >= 4 is 16.9 Å². The van der Waals surface area contributed by atoms with E-state index >= 15 is 0 Å². The molecule has 0 fully saturated rings. The average Bonchev–Trinajstić information content (AvgIpc) is 2.25. The van der Waals surface area contributed by atoms with Crippen molar-refractivity contribution in [1.29, 1.82) is 0 Å². The third kappa shape index (κ3) is 2.94. The summed E-state index contributed by atoms with van der Waals surface area (Å²) in [5.74, 6) is 0.335. The summed E-state index contributed by atoms with van der Waals surface area (Å²) in [6, 6.07) is 3.47. The number of hydrogen-bond acceptors (Lipinski definition) is 3. The Bertz CT molecular complexity index is 606. The molecule has 0 saturated heterocycles. The maximum Gasteiger partial charge on any atom is 0.416 e. The Labute approximate surface area is 108 Å². The smallest absolute Gasteiger partial charge is 0.368 e. The summed E-state index contributed by atoms with van der Waals surface area (Å²) in [6.45, 7) is 4.02. The predicted molar refractivity (Wildman–Crippen MR) is 67.5 cm³/mol. The molecule has 19 heavy (non-hydrogen) atoms. The zero-order valence-electron chi connectivity index (χ0n) is 10.6. The van der Waals surface area contributed by atoms with Crippen molar-refractivity contribution in [3.8, 4) is 0 Å². The summed E-state index contributed by atoms with van der Waals surface area (Å²) < 4.78 is 38.0. The van der Waals surface area contributed by atoms with E-state index < -0.39 is 11.7 Å². The molecule has 2 rings (SSSR count). The first-order valence-corrected chi connectivity index (χ1v) is 5.90. The second kappa shape index (κ2) is 4.68. The molecule has 1 heterocycles. The Balaban J connectivity index is 2.61. The van der Waals surface area contributed by atoms with Gasteiger partial charge in [0.05, 0.1) is 16.8 Å². The van der Waals surface area contributed by atoms with E-state index in [1.165, 1.54) is 6.07 Å². The van der Waals surface area contributed by atoms with Crippen LogP contribution in [0.4, 0.5) is 19.1 Å². The summed E-state index contributed by atoms with van der Waals surface area (Å²) >= 11 is 0. The lowest BCUT2D eigenvalue weighted by molar-refractivity contribution is -0.137. The van der Waals surface area contributed by atoms with E-state index in [4.69, 9.17) is 5.73 Å². The summed E-state index contributed by atoms with van der Waals surface area (Å²) in [5, 5.41) is 0.621. The Morgan fingerprint density at radius 1 is 1.21 bits per heavy atom. The van der Waals surface area contributed by atoms with Crippen LogP contribution in [0.1, 0.15) is 25.1 Å². The Kier molecular flexibility index (Phi) is 3.34. The molecule has 0 atom stereocenters. The van der Waals surface area contributed by atoms with Gasteiger partial charge < -0.3 is 5.73 Å². The van der Waals surface area contributed by atoms with Crippen molar-refractivity contribution in [3.63, 3.8) is 0 Å². The lowest BCUT2D eigenvalue weighted by Gasteiger charge is -2.11. The van der Waals surface area contributed by atoms with Crippen LogP contribution >= 0.6 is 0 Å². The second-order valence-corrected chi connectivity index (χ2v) is 4.86. The van der Waals surface area contributed by atoms with E-state index in [0.717, 1.165) is 12.1 Å². The van der Waals surface area contributed by atoms with Gasteiger partial charge in [-0.2, -0.15) is 13.2 Å². The third-order valence-corrected chi connectivity index (χ3v) is 2.72. The molecule has 3 nitrogen and oxygen atoms in total. The molecule has 0 aliphatic carbocycles. The van der Waals surface area contributed by atoms with Crippen molar-refractivity contribution in [2.24, 2.45) is 5.92 Å². The van der Waals surface area contributed by atoms with Gasteiger partial charge in [0, 0.05) is 5.39 Å². The molecule has 0 bridgehead atoms. The summed E-state index contributed by atoms with van der Waals surface area (Å²) in [7, 11) is 0. The topological polar surface area (TPSA) is 51.8 Å². The fraction of sp³-hybridized carbons (Fsp3) is 0.385. The number of hydrogen-bond donors (Lipinski definition) is 1. The monoisotopic (exact) mass is 269 g/mol. The van der Waals surface area contributed by atoms with Crippen molar-refractivity contribution in [3.05, 3.63) is 29.5 Å². The van der Waals surface area contributed by atoms with E-state index in [0.29, 0.717) is 23.4 Å². The summed E-state index contributed by atoms with van der Waals surface area (Å²) in [4.78, 5) is 8.00. The maximum absolute atomic E-state index is 12.7. The average molecular weight is 269 g/mol. The molecule has 102 valence electrons. The van der Waals surface area contributed by atoms with E-state index in [2.05, 4.69) is 9.97 Å². The molecule has 0 aliphatic rings. The maximum atomic E-state index is 12.7. The second-order valence-electron chi connectivity index (χ2n) is 4.86. The van der Waals surface area contributed by atoms with Gasteiger partial charge in [0.2, 0.25) is 5.95 Å². The molecule has 1 aromatic carbocycles. The van der Waals surface area contributed by atoms with Gasteiger partial charge in [-0.05, 0) is 24.5 Å². The highest BCUT2D eigenvalue weighted by atomic mass is 19.4. The molecule has 1 aromatic heterocycles. The number of aromatic nitrogens is 2. The number of nitrogens with zero attached hydrogens (tertiary/aromatic N) is 2. The zero-order chi connectivity index (χ0) is 14.2. The number of fused-ring (bicyclic) bond motifs is 1. The zero-order valence-corrected chi connectivity index (χ0v) is 10.6. The SMILES string of the molecule is CC(C)Cc1nc(N)nc2cc(C(F)(F)F)ccc12. The lowest BCUT2D eigenvalue weighted by atomic mass is 10.0. The van der Waals surface area contributed by atoms with Gasteiger partial charge in [-0.25, -0.2) is 9.97 Å². The van der Waals surface area contributed by atoms with Crippen LogP contribution in [0.2, 0.25) is 0 Å². The molecule has 0 saturated carbocycles. The van der Waals surface area contributed by atoms with Gasteiger partial charge in [-0.15, -0.1) is 0 Å². The van der Waals surface area contributed by atoms with Crippen LogP contribution in [-0.2, 0) is 12.6 Å². The van der Waals surface area contributed by atoms with Crippen LogP contribution in [0.5, 0.6) is 0 Å². The van der Waals surface area contributed by atoms with Crippen LogP contribution in [0.25, 0.3) is 10.9 Å². The molecule has 0 aliphatic heterocycles. The van der Waals surface area contributed by atoms with Crippen LogP contribution in [0, 0.1) is 5.92 Å². The number of nitrogens with two attached hydrogens (primary N) is 1. The Morgan fingerprint density at radius 2 is 1.89 bits per heavy atom. The minimum absolute atomic E-state index is 0.00229. The number of alkyl halides is 3. The summed E-state index contributed by atoms with van der Waals surface area (Å²) in [5.41, 5.74) is 5.75. The van der Waals surface area contributed by atoms with Crippen molar-refractivity contribution in [2.45, 2.75) is 26.4 Å². The van der Waals surface area contributed by atoms with Crippen molar-refractivity contribution < 1.29 is 13.2 Å². The summed E-state index contributed by atoms with van der Waals surface area (Å²) in [6.07, 6.45) is -3.74. The minimum Gasteiger partial charge on any atom is -0.368 e. The standard InChI is InChI=1S/C13H14F3N3/c1-7(2)5-10-9-4-3-8(13(14,15)16)6-11(9)19-12(17)18-10/h3-4,6-7H,5H2,1-2H3,(H2,17,18,19). The van der Waals surface area contributed by atoms with Crippen molar-refractivity contribution in [2.75, 3.05) is 5.73 Å². The van der Waals surface area contributed by atoms with Gasteiger partial charge in [0.15, 0.2) is 0 Å². The van der Waals surface area contributed by atoms with Crippen LogP contribution in [0.15, 0.2) is 18.2 Å². The number of rotatable bonds is 2. The van der Waals surface area contributed by atoms with Gasteiger partial charge in [0.25, 0.3) is 0 Å². The predicted octanol–water partition coefficient (Wildman–Crippen LogP) is 3.43. The number of nitrogen functional groups attached to an aromatic ring is 1. The third-order valence-electron chi connectivity index (χ3n) is 2.72. The molecule has 0 radical (unpaired) electrons. The van der Waals surface area contributed by atoms with Crippen molar-refractivity contribution in [1.82, 2.24) is 9.97 Å². The normalized spacial score (nSPS) is 12.3. The van der Waals surface area contributed by atoms with Gasteiger partial charge in [-0.1, -0.05) is 19.9 Å². The number of halogens is 3. The lowest BCUT2D eigenvalue weighted by Crippen LogP contribution is -2.07. The number of benzene rings is 1. The quantitative estimate of drug-likeness (QED) is 0.908. The van der Waals surface area contributed by atoms with Gasteiger partial charge >= 0.3 is 6.18 Å². The van der Waals surface area contributed by atoms with Crippen LogP contribution in [0.3, 0.4) is 0 Å². The molecule has 0 amide bonds. The number of anilines is 1. The molecule has 6 heteroatoms. The molecule has 2 aromatic rings. The first-order valence-electron chi connectivity index (χ1n) is 5.90. The fourth-order valence-electron chi connectivity index (χ4n) is 1.93.